The smallest absolute Gasteiger partial charge is 0.338 e. The van der Waals surface area contributed by atoms with Crippen LogP contribution in [0.5, 0.6) is 0 Å². The molecule has 0 saturated carbocycles. The summed E-state index contributed by atoms with van der Waals surface area (Å²) in [5.41, 5.74) is 1.98. The van der Waals surface area contributed by atoms with Crippen LogP contribution in [-0.4, -0.2) is 35.5 Å². The number of hydrogen-bond donors (Lipinski definition) is 5. The van der Waals surface area contributed by atoms with Crippen molar-refractivity contribution in [2.24, 2.45) is 5.10 Å². The van der Waals surface area contributed by atoms with Gasteiger partial charge in [-0.05, 0) is 12.1 Å². The highest BCUT2D eigenvalue weighted by molar-refractivity contribution is 7.86. The second kappa shape index (κ2) is 7.38. The molecule has 0 fully saturated rings. The Hall–Kier alpha value is -2.83. The van der Waals surface area contributed by atoms with Crippen molar-refractivity contribution in [1.29, 1.82) is 0 Å². The van der Waals surface area contributed by atoms with Gasteiger partial charge in [-0.25, -0.2) is 10.0 Å². The monoisotopic (exact) mass is 367 g/mol. The van der Waals surface area contributed by atoms with Gasteiger partial charge in [-0.2, -0.15) is 18.7 Å². The lowest BCUT2D eigenvalue weighted by Crippen LogP contribution is -2.99. The van der Waals surface area contributed by atoms with Crippen molar-refractivity contribution < 1.29 is 33.3 Å². The molecule has 5 N–H and O–H groups in total. The Morgan fingerprint density at radius 1 is 1.24 bits per heavy atom. The van der Waals surface area contributed by atoms with Gasteiger partial charge in [0, 0.05) is 17.7 Å². The number of hydrogen-bond acceptors (Lipinski definition) is 7. The average molecular weight is 367 g/mol. The second-order valence-electron chi connectivity index (χ2n) is 4.75. The number of benzene rings is 2. The van der Waals surface area contributed by atoms with Gasteiger partial charge in [0.1, 0.15) is 4.90 Å². The summed E-state index contributed by atoms with van der Waals surface area (Å²) in [7, 11) is -4.44. The van der Waals surface area contributed by atoms with Crippen LogP contribution in [0.2, 0.25) is 0 Å². The van der Waals surface area contributed by atoms with Crippen LogP contribution in [-0.2, 0) is 10.1 Å². The fourth-order valence-corrected chi connectivity index (χ4v) is 2.61. The minimum Gasteiger partial charge on any atom is -0.595 e. The molecule has 0 aliphatic rings. The van der Waals surface area contributed by atoms with E-state index in [1.165, 1.54) is 36.4 Å². The fraction of sp³-hybridized carbons (Fsp3) is 0. The van der Waals surface area contributed by atoms with E-state index in [1.807, 2.05) is 0 Å². The fourth-order valence-electron chi connectivity index (χ4n) is 1.95. The van der Waals surface area contributed by atoms with E-state index < -0.39 is 21.3 Å². The molecule has 0 aromatic heterocycles. The predicted molar refractivity (Wildman–Crippen MR) is 86.7 cm³/mol. The number of nitrogens with zero attached hydrogens (tertiary/aromatic N) is 1. The third-order valence-electron chi connectivity index (χ3n) is 3.08. The molecule has 0 heterocycles. The van der Waals surface area contributed by atoms with Crippen molar-refractivity contribution in [1.82, 2.24) is 0 Å². The Morgan fingerprint density at radius 2 is 1.92 bits per heavy atom. The summed E-state index contributed by atoms with van der Waals surface area (Å²) >= 11 is 0. The number of nitrogens with one attached hydrogen (secondary N) is 2. The van der Waals surface area contributed by atoms with Crippen molar-refractivity contribution in [3.8, 4) is 0 Å². The summed E-state index contributed by atoms with van der Waals surface area (Å²) in [6.07, 6.45) is 1.08. The maximum Gasteiger partial charge on any atom is 0.338 e. The Kier molecular flexibility index (Phi) is 5.46. The molecule has 0 aliphatic carbocycles. The number of carboxylic acid groups (broad SMARTS) is 1. The molecule has 2 aromatic rings. The molecular formula is C14H13N3O7S. The number of quaternary nitrogens is 1. The molecule has 25 heavy (non-hydrogen) atoms. The van der Waals surface area contributed by atoms with Crippen LogP contribution in [0.15, 0.2) is 52.5 Å². The molecule has 0 radical (unpaired) electrons. The maximum absolute atomic E-state index is 11.3. The molecular weight excluding hydrogens is 354 g/mol. The quantitative estimate of drug-likeness (QED) is 0.279. The third kappa shape index (κ3) is 4.59. The molecule has 132 valence electrons. The first kappa shape index (κ1) is 18.5. The predicted octanol–water partition coefficient (Wildman–Crippen LogP) is 0.481. The van der Waals surface area contributed by atoms with Crippen molar-refractivity contribution in [2.45, 2.75) is 4.90 Å². The van der Waals surface area contributed by atoms with E-state index in [1.54, 1.807) is 0 Å². The summed E-state index contributed by atoms with van der Waals surface area (Å²) in [5.74, 6) is -1.36. The largest absolute Gasteiger partial charge is 0.595 e. The van der Waals surface area contributed by atoms with Crippen LogP contribution >= 0.6 is 0 Å². The van der Waals surface area contributed by atoms with Crippen molar-refractivity contribution in [3.05, 3.63) is 58.8 Å². The normalized spacial score (nSPS) is 12.9. The summed E-state index contributed by atoms with van der Waals surface area (Å²) in [6.45, 7) is 0. The Balaban J connectivity index is 2.31. The Labute approximate surface area is 141 Å². The van der Waals surface area contributed by atoms with E-state index in [4.69, 9.17) is 14.9 Å². The summed E-state index contributed by atoms with van der Waals surface area (Å²) in [6, 6.07) is 8.90. The van der Waals surface area contributed by atoms with Crippen molar-refractivity contribution in [2.75, 3.05) is 5.43 Å². The standard InChI is InChI=1S/C14H13N3O7S/c18-14(19)11-7-10(17(20)21)5-6-12(11)16-15-8-9-3-1-2-4-13(9)25(22,23)24/h1-8,16-17,20H,(H,18,19)(H,22,23,24)/b15-8+. The van der Waals surface area contributed by atoms with Gasteiger partial charge in [-0.3, -0.25) is 9.98 Å². The molecule has 2 aromatic carbocycles. The molecule has 2 rings (SSSR count). The van der Waals surface area contributed by atoms with E-state index in [0.717, 1.165) is 12.3 Å². The first-order valence-electron chi connectivity index (χ1n) is 6.66. The lowest BCUT2D eigenvalue weighted by atomic mass is 10.1. The molecule has 0 amide bonds. The lowest BCUT2D eigenvalue weighted by molar-refractivity contribution is -0.991. The third-order valence-corrected chi connectivity index (χ3v) is 4.01. The van der Waals surface area contributed by atoms with Gasteiger partial charge in [0.2, 0.25) is 0 Å². The van der Waals surface area contributed by atoms with E-state index in [9.17, 15) is 18.4 Å². The molecule has 10 nitrogen and oxygen atoms in total. The minimum atomic E-state index is -4.44. The van der Waals surface area contributed by atoms with Crippen molar-refractivity contribution in [3.63, 3.8) is 0 Å². The zero-order chi connectivity index (χ0) is 18.6. The first-order valence-corrected chi connectivity index (χ1v) is 8.10. The van der Waals surface area contributed by atoms with E-state index in [-0.39, 0.29) is 27.4 Å². The molecule has 0 bridgehead atoms. The number of carbonyl (C=O) groups is 1. The van der Waals surface area contributed by atoms with Gasteiger partial charge in [-0.15, -0.1) is 0 Å². The van der Waals surface area contributed by atoms with Gasteiger partial charge in [0.15, 0.2) is 5.69 Å². The van der Waals surface area contributed by atoms with Crippen LogP contribution in [0.4, 0.5) is 11.4 Å². The van der Waals surface area contributed by atoms with Gasteiger partial charge < -0.3 is 10.3 Å². The molecule has 0 aliphatic heterocycles. The van der Waals surface area contributed by atoms with Crippen LogP contribution in [0, 0.1) is 5.21 Å². The topological polar surface area (TPSA) is 164 Å². The van der Waals surface area contributed by atoms with Crippen LogP contribution in [0.3, 0.4) is 0 Å². The maximum atomic E-state index is 11.3. The number of carboxylic acids is 1. The Bertz CT molecular complexity index is 926. The van der Waals surface area contributed by atoms with Crippen LogP contribution < -0.4 is 10.7 Å². The molecule has 0 saturated heterocycles. The van der Waals surface area contributed by atoms with Gasteiger partial charge in [-0.1, -0.05) is 18.2 Å². The number of hydrazone groups is 1. The highest BCUT2D eigenvalue weighted by Crippen LogP contribution is 2.19. The highest BCUT2D eigenvalue weighted by Gasteiger charge is 2.15. The molecule has 1 atom stereocenters. The highest BCUT2D eigenvalue weighted by atomic mass is 32.2. The molecule has 0 spiro atoms. The lowest BCUT2D eigenvalue weighted by Gasteiger charge is -2.13. The first-order chi connectivity index (χ1) is 11.7. The zero-order valence-corrected chi connectivity index (χ0v) is 13.3. The van der Waals surface area contributed by atoms with Crippen LogP contribution in [0.1, 0.15) is 15.9 Å². The summed E-state index contributed by atoms with van der Waals surface area (Å²) in [4.78, 5) is 10.9. The van der Waals surface area contributed by atoms with E-state index >= 15 is 0 Å². The second-order valence-corrected chi connectivity index (χ2v) is 6.14. The minimum absolute atomic E-state index is 0.0121. The Morgan fingerprint density at radius 3 is 2.52 bits per heavy atom. The molecule has 11 heteroatoms. The van der Waals surface area contributed by atoms with Gasteiger partial charge >= 0.3 is 5.97 Å². The zero-order valence-electron chi connectivity index (χ0n) is 12.4. The average Bonchev–Trinajstić information content (AvgIpc) is 2.54. The SMILES string of the molecule is O=C(O)c1cc([NH+]([O-])O)ccc1N/N=C/c1ccccc1S(=O)(=O)O. The van der Waals surface area contributed by atoms with Crippen molar-refractivity contribution >= 4 is 33.7 Å². The van der Waals surface area contributed by atoms with E-state index in [0.29, 0.717) is 0 Å². The number of anilines is 1. The number of aromatic carboxylic acids is 1. The summed E-state index contributed by atoms with van der Waals surface area (Å²) in [5, 5.41) is 31.4. The van der Waals surface area contributed by atoms with E-state index in [2.05, 4.69) is 10.5 Å². The van der Waals surface area contributed by atoms with Gasteiger partial charge in [0.25, 0.3) is 10.1 Å². The van der Waals surface area contributed by atoms with Gasteiger partial charge in [0.05, 0.1) is 17.5 Å². The molecule has 1 unspecified atom stereocenters. The summed E-state index contributed by atoms with van der Waals surface area (Å²) < 4.78 is 31.7. The van der Waals surface area contributed by atoms with Crippen LogP contribution in [0.25, 0.3) is 0 Å². The number of rotatable bonds is 6.